The van der Waals surface area contributed by atoms with E-state index in [4.69, 9.17) is 23.2 Å². The summed E-state index contributed by atoms with van der Waals surface area (Å²) in [6.45, 7) is 3.55. The molecule has 0 aromatic carbocycles. The van der Waals surface area contributed by atoms with Crippen LogP contribution in [0.4, 0.5) is 5.69 Å². The molecule has 2 rings (SSSR count). The first kappa shape index (κ1) is 14.6. The van der Waals surface area contributed by atoms with Crippen molar-refractivity contribution in [2.45, 2.75) is 18.1 Å². The molecule has 0 amide bonds. The number of hydrogen-bond donors (Lipinski definition) is 1. The van der Waals surface area contributed by atoms with Crippen molar-refractivity contribution in [1.82, 2.24) is 4.98 Å². The monoisotopic (exact) mass is 336 g/mol. The molecule has 0 aliphatic rings. The van der Waals surface area contributed by atoms with Gasteiger partial charge in [-0.1, -0.05) is 23.2 Å². The van der Waals surface area contributed by atoms with E-state index in [-0.39, 0.29) is 15.0 Å². The Bertz CT molecular complexity index is 707. The van der Waals surface area contributed by atoms with Gasteiger partial charge in [0.25, 0.3) is 10.0 Å². The molecule has 2 heterocycles. The van der Waals surface area contributed by atoms with Crippen molar-refractivity contribution in [3.8, 4) is 0 Å². The van der Waals surface area contributed by atoms with Crippen LogP contribution in [0.3, 0.4) is 0 Å². The molecular formula is C11H10Cl2N2O2S2. The molecule has 8 heteroatoms. The summed E-state index contributed by atoms with van der Waals surface area (Å²) < 4.78 is 27.4. The van der Waals surface area contributed by atoms with Crippen molar-refractivity contribution in [3.05, 3.63) is 38.9 Å². The van der Waals surface area contributed by atoms with E-state index in [2.05, 4.69) is 9.71 Å². The number of nitrogens with zero attached hydrogens (tertiary/aromatic N) is 1. The maximum atomic E-state index is 12.2. The van der Waals surface area contributed by atoms with Gasteiger partial charge in [-0.3, -0.25) is 4.72 Å². The molecule has 0 atom stereocenters. The largest absolute Gasteiger partial charge is 0.276 e. The zero-order valence-corrected chi connectivity index (χ0v) is 13.2. The Kier molecular flexibility index (Phi) is 4.06. The Balaban J connectivity index is 2.39. The second-order valence-corrected chi connectivity index (χ2v) is 7.90. The number of thiophene rings is 1. The smallest absolute Gasteiger partial charge is 0.271 e. The number of sulfonamides is 1. The van der Waals surface area contributed by atoms with Crippen LogP contribution in [-0.4, -0.2) is 13.4 Å². The summed E-state index contributed by atoms with van der Waals surface area (Å²) in [6, 6.07) is 3.14. The van der Waals surface area contributed by atoms with Crippen LogP contribution in [0.5, 0.6) is 0 Å². The van der Waals surface area contributed by atoms with E-state index >= 15 is 0 Å². The minimum Gasteiger partial charge on any atom is -0.276 e. The highest BCUT2D eigenvalue weighted by Gasteiger charge is 2.20. The van der Waals surface area contributed by atoms with Crippen molar-refractivity contribution in [2.75, 3.05) is 4.72 Å². The number of pyridine rings is 1. The van der Waals surface area contributed by atoms with Gasteiger partial charge < -0.3 is 0 Å². The third kappa shape index (κ3) is 3.20. The van der Waals surface area contributed by atoms with Gasteiger partial charge in [0.05, 0.1) is 10.0 Å². The topological polar surface area (TPSA) is 59.1 Å². The first-order valence-electron chi connectivity index (χ1n) is 5.20. The average Bonchev–Trinajstić information content (AvgIpc) is 2.65. The summed E-state index contributed by atoms with van der Waals surface area (Å²) in [5.41, 5.74) is 1.78. The molecule has 102 valence electrons. The second-order valence-electron chi connectivity index (χ2n) is 3.98. The van der Waals surface area contributed by atoms with Crippen molar-refractivity contribution in [3.63, 3.8) is 0 Å². The van der Waals surface area contributed by atoms with E-state index in [1.54, 1.807) is 26.1 Å². The minimum atomic E-state index is -3.69. The Morgan fingerprint density at radius 1 is 1.26 bits per heavy atom. The summed E-state index contributed by atoms with van der Waals surface area (Å²) in [7, 11) is -3.69. The predicted molar refractivity (Wildman–Crippen MR) is 78.9 cm³/mol. The van der Waals surface area contributed by atoms with Gasteiger partial charge in [0, 0.05) is 6.20 Å². The molecule has 0 unspecified atom stereocenters. The Hall–Kier alpha value is -0.820. The van der Waals surface area contributed by atoms with Gasteiger partial charge >= 0.3 is 0 Å². The van der Waals surface area contributed by atoms with Crippen LogP contribution >= 0.6 is 34.5 Å². The fourth-order valence-electron chi connectivity index (χ4n) is 1.38. The predicted octanol–water partition coefficient (Wildman–Crippen LogP) is 3.87. The molecular weight excluding hydrogens is 327 g/mol. The summed E-state index contributed by atoms with van der Waals surface area (Å²) in [4.78, 5) is 3.90. The minimum absolute atomic E-state index is 0.105. The third-order valence-electron chi connectivity index (χ3n) is 2.32. The van der Waals surface area contributed by atoms with Gasteiger partial charge in [-0.15, -0.1) is 11.3 Å². The molecule has 0 aliphatic carbocycles. The molecule has 2 aromatic heterocycles. The summed E-state index contributed by atoms with van der Waals surface area (Å²) in [5.74, 6) is 0. The lowest BCUT2D eigenvalue weighted by Gasteiger charge is -2.08. The highest BCUT2D eigenvalue weighted by molar-refractivity contribution is 7.94. The molecule has 0 aliphatic heterocycles. The van der Waals surface area contributed by atoms with Gasteiger partial charge in [0.2, 0.25) is 0 Å². The van der Waals surface area contributed by atoms with E-state index in [0.717, 1.165) is 22.5 Å². The number of aryl methyl sites for hydroxylation is 2. The van der Waals surface area contributed by atoms with Crippen molar-refractivity contribution >= 4 is 50.2 Å². The fraction of sp³-hybridized carbons (Fsp3) is 0.182. The lowest BCUT2D eigenvalue weighted by Crippen LogP contribution is -2.12. The number of hydrogen-bond acceptors (Lipinski definition) is 4. The number of rotatable bonds is 3. The van der Waals surface area contributed by atoms with Crippen molar-refractivity contribution < 1.29 is 8.42 Å². The lowest BCUT2D eigenvalue weighted by atomic mass is 10.3. The summed E-state index contributed by atoms with van der Waals surface area (Å²) in [6.07, 6.45) is 1.56. The van der Waals surface area contributed by atoms with Crippen LogP contribution < -0.4 is 4.72 Å². The van der Waals surface area contributed by atoms with Gasteiger partial charge in [-0.05, 0) is 37.1 Å². The zero-order valence-electron chi connectivity index (χ0n) is 10.1. The highest BCUT2D eigenvalue weighted by Crippen LogP contribution is 2.32. The van der Waals surface area contributed by atoms with E-state index in [1.165, 1.54) is 6.07 Å². The maximum absolute atomic E-state index is 12.2. The Labute approximate surface area is 125 Å². The lowest BCUT2D eigenvalue weighted by molar-refractivity contribution is 0.603. The number of aromatic nitrogens is 1. The molecule has 4 nitrogen and oxygen atoms in total. The average molecular weight is 337 g/mol. The van der Waals surface area contributed by atoms with Crippen molar-refractivity contribution in [2.24, 2.45) is 0 Å². The van der Waals surface area contributed by atoms with E-state index in [9.17, 15) is 8.42 Å². The summed E-state index contributed by atoms with van der Waals surface area (Å²) in [5, 5.41) is 0.105. The standard InChI is InChI=1S/C11H10Cl2N2O2S2/c1-6-3-8(10(12)14-5-6)15-19(16,17)9-4-7(2)11(13)18-9/h3-5,15H,1-2H3. The molecule has 0 fully saturated rings. The van der Waals surface area contributed by atoms with E-state index in [1.807, 2.05) is 0 Å². The normalized spacial score (nSPS) is 11.6. The third-order valence-corrected chi connectivity index (χ3v) is 6.01. The van der Waals surface area contributed by atoms with E-state index < -0.39 is 10.0 Å². The SMILES string of the molecule is Cc1cnc(Cl)c(NS(=O)(=O)c2cc(C)c(Cl)s2)c1. The van der Waals surface area contributed by atoms with E-state index in [0.29, 0.717) is 4.34 Å². The number of nitrogens with one attached hydrogen (secondary N) is 1. The van der Waals surface area contributed by atoms with Crippen molar-refractivity contribution in [1.29, 1.82) is 0 Å². The summed E-state index contributed by atoms with van der Waals surface area (Å²) >= 11 is 12.8. The number of halogens is 2. The van der Waals surface area contributed by atoms with Gasteiger partial charge in [0.15, 0.2) is 5.15 Å². The fourth-order valence-corrected chi connectivity index (χ4v) is 4.35. The molecule has 0 radical (unpaired) electrons. The molecule has 0 saturated carbocycles. The molecule has 1 N–H and O–H groups in total. The van der Waals surface area contributed by atoms with Crippen LogP contribution in [-0.2, 0) is 10.0 Å². The Morgan fingerprint density at radius 3 is 2.53 bits per heavy atom. The van der Waals surface area contributed by atoms with Gasteiger partial charge in [0.1, 0.15) is 4.21 Å². The van der Waals surface area contributed by atoms with Crippen LogP contribution in [0, 0.1) is 13.8 Å². The van der Waals surface area contributed by atoms with Crippen LogP contribution in [0.15, 0.2) is 22.5 Å². The molecule has 0 saturated heterocycles. The molecule has 19 heavy (non-hydrogen) atoms. The van der Waals surface area contributed by atoms with Gasteiger partial charge in [-0.2, -0.15) is 0 Å². The quantitative estimate of drug-likeness (QED) is 0.865. The second kappa shape index (κ2) is 5.28. The van der Waals surface area contributed by atoms with Crippen LogP contribution in [0.25, 0.3) is 0 Å². The first-order valence-corrected chi connectivity index (χ1v) is 8.26. The van der Waals surface area contributed by atoms with Crippen LogP contribution in [0.1, 0.15) is 11.1 Å². The first-order chi connectivity index (χ1) is 8.79. The highest BCUT2D eigenvalue weighted by atomic mass is 35.5. The zero-order chi connectivity index (χ0) is 14.2. The molecule has 0 spiro atoms. The van der Waals surface area contributed by atoms with Gasteiger partial charge in [-0.25, -0.2) is 13.4 Å². The Morgan fingerprint density at radius 2 is 1.95 bits per heavy atom. The number of anilines is 1. The van der Waals surface area contributed by atoms with Crippen LogP contribution in [0.2, 0.25) is 9.49 Å². The molecule has 0 bridgehead atoms. The maximum Gasteiger partial charge on any atom is 0.271 e. The molecule has 2 aromatic rings.